The molecule has 0 aliphatic rings. The Labute approximate surface area is 157 Å². The average Bonchev–Trinajstić information content (AvgIpc) is 2.67. The number of hydrazone groups is 1. The van der Waals surface area contributed by atoms with Gasteiger partial charge in [-0.2, -0.15) is 18.3 Å². The van der Waals surface area contributed by atoms with Gasteiger partial charge in [0.1, 0.15) is 0 Å². The van der Waals surface area contributed by atoms with Gasteiger partial charge >= 0.3 is 18.0 Å². The highest BCUT2D eigenvalue weighted by Gasteiger charge is 2.32. The van der Waals surface area contributed by atoms with Gasteiger partial charge in [-0.3, -0.25) is 9.59 Å². The van der Waals surface area contributed by atoms with E-state index in [9.17, 15) is 22.8 Å². The summed E-state index contributed by atoms with van der Waals surface area (Å²) in [7, 11) is 0. The second-order valence-electron chi connectivity index (χ2n) is 5.76. The molecule has 0 fully saturated rings. The summed E-state index contributed by atoms with van der Waals surface area (Å²) in [5.74, 6) is -2.09. The first kappa shape index (κ1) is 19.1. The van der Waals surface area contributed by atoms with E-state index in [0.717, 1.165) is 23.1 Å². The third kappa shape index (κ3) is 4.35. The number of benzene rings is 3. The van der Waals surface area contributed by atoms with Crippen molar-refractivity contribution in [3.05, 3.63) is 77.9 Å². The number of hydrogen-bond acceptors (Lipinski definition) is 3. The Balaban J connectivity index is 1.69. The Morgan fingerprint density at radius 1 is 0.857 bits per heavy atom. The van der Waals surface area contributed by atoms with E-state index in [0.29, 0.717) is 5.69 Å². The lowest BCUT2D eigenvalue weighted by molar-refractivity contribution is -0.137. The molecule has 0 aliphatic heterocycles. The first-order valence-electron chi connectivity index (χ1n) is 8.14. The van der Waals surface area contributed by atoms with Crippen LogP contribution in [0.15, 0.2) is 71.8 Å². The van der Waals surface area contributed by atoms with Gasteiger partial charge in [0.05, 0.1) is 11.8 Å². The molecule has 8 heteroatoms. The van der Waals surface area contributed by atoms with Gasteiger partial charge in [0, 0.05) is 16.6 Å². The van der Waals surface area contributed by atoms with Crippen molar-refractivity contribution in [1.82, 2.24) is 5.43 Å². The van der Waals surface area contributed by atoms with Crippen LogP contribution in [0.1, 0.15) is 11.1 Å². The highest BCUT2D eigenvalue weighted by atomic mass is 19.4. The van der Waals surface area contributed by atoms with Crippen LogP contribution in [0.2, 0.25) is 0 Å². The molecule has 2 amide bonds. The molecule has 0 atom stereocenters. The minimum Gasteiger partial charge on any atom is -0.317 e. The fraction of sp³-hybridized carbons (Fsp3) is 0.0500. The Hall–Kier alpha value is -3.68. The second kappa shape index (κ2) is 7.91. The Morgan fingerprint density at radius 2 is 1.54 bits per heavy atom. The molecule has 0 bridgehead atoms. The SMILES string of the molecule is O=C(N/N=C\c1ccccc1C(F)(F)F)C(=O)Nc1cccc2ccccc12. The molecule has 0 radical (unpaired) electrons. The van der Waals surface area contributed by atoms with Crippen molar-refractivity contribution in [2.24, 2.45) is 5.10 Å². The van der Waals surface area contributed by atoms with Crippen molar-refractivity contribution >= 4 is 34.5 Å². The first-order valence-corrected chi connectivity index (χ1v) is 8.14. The number of anilines is 1. The van der Waals surface area contributed by atoms with Crippen molar-refractivity contribution in [3.63, 3.8) is 0 Å². The van der Waals surface area contributed by atoms with Gasteiger partial charge in [-0.1, -0.05) is 54.6 Å². The zero-order valence-electron chi connectivity index (χ0n) is 14.3. The molecule has 0 saturated carbocycles. The molecule has 3 aromatic rings. The maximum Gasteiger partial charge on any atom is 0.417 e. The largest absolute Gasteiger partial charge is 0.417 e. The number of rotatable bonds is 3. The molecule has 0 saturated heterocycles. The molecule has 142 valence electrons. The first-order chi connectivity index (χ1) is 13.4. The molecule has 0 unspecified atom stereocenters. The van der Waals surface area contributed by atoms with E-state index in [-0.39, 0.29) is 5.56 Å². The molecule has 3 aromatic carbocycles. The number of hydrogen-bond donors (Lipinski definition) is 2. The smallest absolute Gasteiger partial charge is 0.317 e. The topological polar surface area (TPSA) is 70.6 Å². The number of alkyl halides is 3. The van der Waals surface area contributed by atoms with Gasteiger partial charge < -0.3 is 5.32 Å². The average molecular weight is 385 g/mol. The Morgan fingerprint density at radius 3 is 2.32 bits per heavy atom. The highest BCUT2D eigenvalue weighted by Crippen LogP contribution is 2.31. The summed E-state index contributed by atoms with van der Waals surface area (Å²) < 4.78 is 38.8. The molecular weight excluding hydrogens is 371 g/mol. The molecular formula is C20H14F3N3O2. The molecule has 0 heterocycles. The summed E-state index contributed by atoms with van der Waals surface area (Å²) in [6, 6.07) is 17.2. The predicted molar refractivity (Wildman–Crippen MR) is 99.8 cm³/mol. The summed E-state index contributed by atoms with van der Waals surface area (Å²) in [6.45, 7) is 0. The zero-order chi connectivity index (χ0) is 20.1. The van der Waals surface area contributed by atoms with E-state index >= 15 is 0 Å². The number of amides is 2. The van der Waals surface area contributed by atoms with Gasteiger partial charge in [-0.05, 0) is 17.5 Å². The van der Waals surface area contributed by atoms with Crippen molar-refractivity contribution in [3.8, 4) is 0 Å². The standard InChI is InChI=1S/C20H14F3N3O2/c21-20(22,23)16-10-4-2-7-14(16)12-24-26-19(28)18(27)25-17-11-5-8-13-6-1-3-9-15(13)17/h1-12H,(H,25,27)(H,26,28)/b24-12-. The number of carbonyl (C=O) groups is 2. The molecule has 0 aliphatic carbocycles. The third-order valence-corrected chi connectivity index (χ3v) is 3.88. The maximum atomic E-state index is 12.9. The molecule has 2 N–H and O–H groups in total. The quantitative estimate of drug-likeness (QED) is 0.407. The molecule has 3 rings (SSSR count). The zero-order valence-corrected chi connectivity index (χ0v) is 14.3. The van der Waals surface area contributed by atoms with Gasteiger partial charge in [-0.15, -0.1) is 0 Å². The van der Waals surface area contributed by atoms with Crippen molar-refractivity contribution in [2.75, 3.05) is 5.32 Å². The summed E-state index contributed by atoms with van der Waals surface area (Å²) in [5, 5.41) is 7.54. The summed E-state index contributed by atoms with van der Waals surface area (Å²) in [4.78, 5) is 23.9. The van der Waals surface area contributed by atoms with Crippen LogP contribution in [0.5, 0.6) is 0 Å². The Bertz CT molecular complexity index is 1060. The molecule has 0 spiro atoms. The van der Waals surface area contributed by atoms with E-state index in [1.807, 2.05) is 23.6 Å². The van der Waals surface area contributed by atoms with Gasteiger partial charge in [0.15, 0.2) is 0 Å². The number of carbonyl (C=O) groups excluding carboxylic acids is 2. The van der Waals surface area contributed by atoms with Crippen molar-refractivity contribution in [2.45, 2.75) is 6.18 Å². The van der Waals surface area contributed by atoms with E-state index < -0.39 is 23.6 Å². The molecule has 0 aromatic heterocycles. The van der Waals surface area contributed by atoms with Crippen LogP contribution in [-0.4, -0.2) is 18.0 Å². The van der Waals surface area contributed by atoms with Crippen LogP contribution in [0.25, 0.3) is 10.8 Å². The summed E-state index contributed by atoms with van der Waals surface area (Å²) in [6.07, 6.45) is -3.72. The van der Waals surface area contributed by atoms with Crippen molar-refractivity contribution in [1.29, 1.82) is 0 Å². The Kier molecular flexibility index (Phi) is 5.39. The number of fused-ring (bicyclic) bond motifs is 1. The summed E-state index contributed by atoms with van der Waals surface area (Å²) >= 11 is 0. The van der Waals surface area contributed by atoms with Crippen LogP contribution >= 0.6 is 0 Å². The van der Waals surface area contributed by atoms with Crippen LogP contribution in [-0.2, 0) is 15.8 Å². The van der Waals surface area contributed by atoms with Gasteiger partial charge in [-0.25, -0.2) is 5.43 Å². The van der Waals surface area contributed by atoms with Gasteiger partial charge in [0.25, 0.3) is 0 Å². The predicted octanol–water partition coefficient (Wildman–Crippen LogP) is 3.95. The normalized spacial score (nSPS) is 11.5. The van der Waals surface area contributed by atoms with Crippen LogP contribution in [0.3, 0.4) is 0 Å². The van der Waals surface area contributed by atoms with Gasteiger partial charge in [0.2, 0.25) is 0 Å². The number of nitrogens with zero attached hydrogens (tertiary/aromatic N) is 1. The minimum absolute atomic E-state index is 0.232. The number of nitrogens with one attached hydrogen (secondary N) is 2. The van der Waals surface area contributed by atoms with Crippen LogP contribution < -0.4 is 10.7 Å². The lowest BCUT2D eigenvalue weighted by atomic mass is 10.1. The highest BCUT2D eigenvalue weighted by molar-refractivity contribution is 6.40. The summed E-state index contributed by atoms with van der Waals surface area (Å²) in [5.41, 5.74) is 1.24. The third-order valence-electron chi connectivity index (χ3n) is 3.88. The minimum atomic E-state index is -4.56. The number of halogens is 3. The fourth-order valence-electron chi connectivity index (χ4n) is 2.59. The second-order valence-corrected chi connectivity index (χ2v) is 5.76. The van der Waals surface area contributed by atoms with Crippen LogP contribution in [0, 0.1) is 0 Å². The lowest BCUT2D eigenvalue weighted by Gasteiger charge is -2.09. The maximum absolute atomic E-state index is 12.9. The van der Waals surface area contributed by atoms with Crippen LogP contribution in [0.4, 0.5) is 18.9 Å². The van der Waals surface area contributed by atoms with Crippen molar-refractivity contribution < 1.29 is 22.8 Å². The molecule has 5 nitrogen and oxygen atoms in total. The lowest BCUT2D eigenvalue weighted by Crippen LogP contribution is -2.32. The van der Waals surface area contributed by atoms with E-state index in [2.05, 4.69) is 10.4 Å². The monoisotopic (exact) mass is 385 g/mol. The van der Waals surface area contributed by atoms with E-state index in [1.54, 1.807) is 24.3 Å². The van der Waals surface area contributed by atoms with E-state index in [4.69, 9.17) is 0 Å². The fourth-order valence-corrected chi connectivity index (χ4v) is 2.59. The molecule has 28 heavy (non-hydrogen) atoms. The van der Waals surface area contributed by atoms with E-state index in [1.165, 1.54) is 18.2 Å².